The van der Waals surface area contributed by atoms with E-state index in [2.05, 4.69) is 10.3 Å². The Hall–Kier alpha value is -3.72. The van der Waals surface area contributed by atoms with Gasteiger partial charge in [-0.15, -0.1) is 5.10 Å². The molecule has 25 heavy (non-hydrogen) atoms. The summed E-state index contributed by atoms with van der Waals surface area (Å²) in [5.74, 6) is -0.320. The standard InChI is InChI=1S/C19H14N4O2/c20-12-16(19(24)18-10-5-11-25-18)8-4-9-17-14-23(22-21-17)13-15-6-2-1-3-7-15/h1-11,14H,13H2/b9-4+,16-8+. The second-order valence-corrected chi connectivity index (χ2v) is 5.18. The molecule has 2 aromatic heterocycles. The van der Waals surface area contributed by atoms with Gasteiger partial charge in [0, 0.05) is 0 Å². The van der Waals surface area contributed by atoms with Crippen LogP contribution in [0.15, 0.2) is 77.1 Å². The third kappa shape index (κ3) is 4.18. The predicted molar refractivity (Wildman–Crippen MR) is 91.3 cm³/mol. The molecule has 0 aliphatic rings. The van der Waals surface area contributed by atoms with Gasteiger partial charge < -0.3 is 4.42 Å². The van der Waals surface area contributed by atoms with Gasteiger partial charge >= 0.3 is 0 Å². The first-order valence-corrected chi connectivity index (χ1v) is 7.57. The second-order valence-electron chi connectivity index (χ2n) is 5.18. The average Bonchev–Trinajstić information content (AvgIpc) is 3.31. The predicted octanol–water partition coefficient (Wildman–Crippen LogP) is 3.27. The zero-order valence-corrected chi connectivity index (χ0v) is 13.2. The monoisotopic (exact) mass is 330 g/mol. The van der Waals surface area contributed by atoms with Gasteiger partial charge in [0.2, 0.25) is 5.78 Å². The molecule has 6 nitrogen and oxygen atoms in total. The first-order chi connectivity index (χ1) is 12.3. The average molecular weight is 330 g/mol. The van der Waals surface area contributed by atoms with Crippen molar-refractivity contribution >= 4 is 11.9 Å². The highest BCUT2D eigenvalue weighted by molar-refractivity contribution is 6.09. The summed E-state index contributed by atoms with van der Waals surface area (Å²) in [6.45, 7) is 0.623. The minimum absolute atomic E-state index is 0.0112. The molecular weight excluding hydrogens is 316 g/mol. The van der Waals surface area contributed by atoms with Gasteiger partial charge in [-0.2, -0.15) is 5.26 Å². The van der Waals surface area contributed by atoms with Crippen LogP contribution in [0, 0.1) is 11.3 Å². The number of hydrogen-bond donors (Lipinski definition) is 0. The van der Waals surface area contributed by atoms with Crippen molar-refractivity contribution in [2.24, 2.45) is 0 Å². The molecule has 0 atom stereocenters. The number of nitrogens with zero attached hydrogens (tertiary/aromatic N) is 4. The molecule has 0 unspecified atom stereocenters. The number of hydrogen-bond acceptors (Lipinski definition) is 5. The number of benzene rings is 1. The topological polar surface area (TPSA) is 84.7 Å². The Kier molecular flexibility index (Phi) is 4.98. The van der Waals surface area contributed by atoms with Gasteiger partial charge in [0.1, 0.15) is 17.3 Å². The molecule has 0 aliphatic carbocycles. The van der Waals surface area contributed by atoms with Crippen LogP contribution in [-0.2, 0) is 6.54 Å². The SMILES string of the molecule is N#C/C(=C\C=C\c1cn(Cc2ccccc2)nn1)C(=O)c1ccco1. The minimum atomic E-state index is -0.454. The van der Waals surface area contributed by atoms with Crippen molar-refractivity contribution < 1.29 is 9.21 Å². The number of nitriles is 1. The van der Waals surface area contributed by atoms with E-state index in [-0.39, 0.29) is 11.3 Å². The maximum Gasteiger partial charge on any atom is 0.238 e. The summed E-state index contributed by atoms with van der Waals surface area (Å²) in [6.07, 6.45) is 7.89. The summed E-state index contributed by atoms with van der Waals surface area (Å²) in [5.41, 5.74) is 1.75. The second kappa shape index (κ2) is 7.70. The van der Waals surface area contributed by atoms with E-state index in [4.69, 9.17) is 9.68 Å². The smallest absolute Gasteiger partial charge is 0.238 e. The van der Waals surface area contributed by atoms with E-state index < -0.39 is 5.78 Å². The molecule has 0 aliphatic heterocycles. The fraction of sp³-hybridized carbons (Fsp3) is 0.0526. The van der Waals surface area contributed by atoms with Crippen LogP contribution in [0.1, 0.15) is 21.8 Å². The molecule has 0 saturated heterocycles. The Morgan fingerprint density at radius 2 is 2.08 bits per heavy atom. The molecule has 0 radical (unpaired) electrons. The lowest BCUT2D eigenvalue weighted by atomic mass is 10.1. The molecule has 0 fully saturated rings. The van der Waals surface area contributed by atoms with E-state index >= 15 is 0 Å². The largest absolute Gasteiger partial charge is 0.461 e. The van der Waals surface area contributed by atoms with Crippen LogP contribution >= 0.6 is 0 Å². The Balaban J connectivity index is 1.67. The van der Waals surface area contributed by atoms with Crippen LogP contribution in [0.2, 0.25) is 0 Å². The number of carbonyl (C=O) groups excluding carboxylic acids is 1. The number of aromatic nitrogens is 3. The molecule has 0 spiro atoms. The van der Waals surface area contributed by atoms with Crippen molar-refractivity contribution in [3.63, 3.8) is 0 Å². The fourth-order valence-electron chi connectivity index (χ4n) is 2.18. The maximum atomic E-state index is 12.0. The van der Waals surface area contributed by atoms with Crippen LogP contribution in [0.4, 0.5) is 0 Å². The van der Waals surface area contributed by atoms with E-state index in [0.29, 0.717) is 12.2 Å². The summed E-state index contributed by atoms with van der Waals surface area (Å²) in [7, 11) is 0. The molecule has 2 heterocycles. The van der Waals surface area contributed by atoms with Crippen LogP contribution in [0.25, 0.3) is 6.08 Å². The first kappa shape index (κ1) is 16.1. The molecule has 6 heteroatoms. The third-order valence-electron chi connectivity index (χ3n) is 3.38. The van der Waals surface area contributed by atoms with Crippen molar-refractivity contribution in [2.45, 2.75) is 6.54 Å². The highest BCUT2D eigenvalue weighted by Crippen LogP contribution is 2.09. The third-order valence-corrected chi connectivity index (χ3v) is 3.38. The minimum Gasteiger partial charge on any atom is -0.461 e. The Labute approximate surface area is 144 Å². The number of Topliss-reactive ketones (excluding diaryl/α,β-unsaturated/α-hetero) is 1. The Morgan fingerprint density at radius 3 is 2.80 bits per heavy atom. The molecule has 1 aromatic carbocycles. The van der Waals surface area contributed by atoms with E-state index in [1.165, 1.54) is 18.4 Å². The normalized spacial score (nSPS) is 11.6. The molecule has 122 valence electrons. The van der Waals surface area contributed by atoms with E-state index in [1.807, 2.05) is 36.4 Å². The van der Waals surface area contributed by atoms with Crippen LogP contribution in [0.3, 0.4) is 0 Å². The van der Waals surface area contributed by atoms with Gasteiger partial charge in [-0.3, -0.25) is 4.79 Å². The van der Waals surface area contributed by atoms with E-state index in [9.17, 15) is 4.79 Å². The first-order valence-electron chi connectivity index (χ1n) is 7.57. The van der Waals surface area contributed by atoms with E-state index in [0.717, 1.165) is 5.56 Å². The molecule has 0 amide bonds. The summed E-state index contributed by atoms with van der Waals surface area (Å²) < 4.78 is 6.73. The lowest BCUT2D eigenvalue weighted by molar-refractivity contribution is 0.101. The van der Waals surface area contributed by atoms with Crippen LogP contribution in [0.5, 0.6) is 0 Å². The summed E-state index contributed by atoms with van der Waals surface area (Å²) >= 11 is 0. The summed E-state index contributed by atoms with van der Waals surface area (Å²) in [4.78, 5) is 12.0. The van der Waals surface area contributed by atoms with Gasteiger partial charge in [-0.1, -0.05) is 41.6 Å². The molecule has 3 rings (SSSR count). The summed E-state index contributed by atoms with van der Waals surface area (Å²) in [6, 6.07) is 14.9. The van der Waals surface area contributed by atoms with Crippen molar-refractivity contribution in [3.8, 4) is 6.07 Å². The number of furan rings is 1. The number of rotatable bonds is 6. The highest BCUT2D eigenvalue weighted by atomic mass is 16.3. The van der Waals surface area contributed by atoms with Gasteiger partial charge in [0.25, 0.3) is 0 Å². The van der Waals surface area contributed by atoms with Crippen LogP contribution < -0.4 is 0 Å². The molecular formula is C19H14N4O2. The molecule has 3 aromatic rings. The number of ketones is 1. The quantitative estimate of drug-likeness (QED) is 0.300. The molecule has 0 bridgehead atoms. The number of carbonyl (C=O) groups is 1. The van der Waals surface area contributed by atoms with Crippen molar-refractivity contribution in [1.82, 2.24) is 15.0 Å². The maximum absolute atomic E-state index is 12.0. The zero-order chi connectivity index (χ0) is 17.5. The van der Waals surface area contributed by atoms with Gasteiger partial charge in [0.15, 0.2) is 5.76 Å². The van der Waals surface area contributed by atoms with Gasteiger partial charge in [-0.05, 0) is 29.8 Å². The van der Waals surface area contributed by atoms with E-state index in [1.54, 1.807) is 29.1 Å². The van der Waals surface area contributed by atoms with Crippen molar-refractivity contribution in [2.75, 3.05) is 0 Å². The fourth-order valence-corrected chi connectivity index (χ4v) is 2.18. The molecule has 0 N–H and O–H groups in total. The van der Waals surface area contributed by atoms with Crippen molar-refractivity contribution in [1.29, 1.82) is 5.26 Å². The Bertz CT molecular complexity index is 945. The summed E-state index contributed by atoms with van der Waals surface area (Å²) in [5, 5.41) is 17.2. The Morgan fingerprint density at radius 1 is 1.24 bits per heavy atom. The molecule has 0 saturated carbocycles. The number of allylic oxidation sites excluding steroid dienone is 3. The van der Waals surface area contributed by atoms with Gasteiger partial charge in [0.05, 0.1) is 19.0 Å². The lowest BCUT2D eigenvalue weighted by Crippen LogP contribution is -1.99. The van der Waals surface area contributed by atoms with Gasteiger partial charge in [-0.25, -0.2) is 4.68 Å². The lowest BCUT2D eigenvalue weighted by Gasteiger charge is -1.98. The van der Waals surface area contributed by atoms with Crippen molar-refractivity contribution in [3.05, 3.63) is 89.7 Å². The van der Waals surface area contributed by atoms with Crippen LogP contribution in [-0.4, -0.2) is 20.8 Å². The zero-order valence-electron chi connectivity index (χ0n) is 13.2. The highest BCUT2D eigenvalue weighted by Gasteiger charge is 2.13.